The summed E-state index contributed by atoms with van der Waals surface area (Å²) in [6.07, 6.45) is 5.24. The Morgan fingerprint density at radius 1 is 1.05 bits per heavy atom. The molecule has 19 heavy (non-hydrogen) atoms. The third-order valence-electron chi connectivity index (χ3n) is 3.43. The SMILES string of the molecule is Cc1ccc(C)c(C(C)NC(C)c2cnccn2)c1. The van der Waals surface area contributed by atoms with Gasteiger partial charge in [-0.15, -0.1) is 0 Å². The van der Waals surface area contributed by atoms with E-state index in [9.17, 15) is 0 Å². The number of aromatic nitrogens is 2. The van der Waals surface area contributed by atoms with Crippen molar-refractivity contribution in [1.82, 2.24) is 15.3 Å². The fourth-order valence-corrected chi connectivity index (χ4v) is 2.31. The molecule has 0 aliphatic carbocycles. The van der Waals surface area contributed by atoms with Crippen LogP contribution in [0.15, 0.2) is 36.8 Å². The minimum absolute atomic E-state index is 0.184. The Hall–Kier alpha value is -1.74. The lowest BCUT2D eigenvalue weighted by Gasteiger charge is -2.21. The molecule has 3 heteroatoms. The van der Waals surface area contributed by atoms with Crippen LogP contribution >= 0.6 is 0 Å². The maximum Gasteiger partial charge on any atom is 0.0753 e. The monoisotopic (exact) mass is 255 g/mol. The average molecular weight is 255 g/mol. The Balaban J connectivity index is 2.13. The second kappa shape index (κ2) is 5.93. The van der Waals surface area contributed by atoms with Crippen molar-refractivity contribution >= 4 is 0 Å². The molecule has 0 bridgehead atoms. The van der Waals surface area contributed by atoms with Gasteiger partial charge in [0.1, 0.15) is 0 Å². The average Bonchev–Trinajstić information content (AvgIpc) is 2.42. The van der Waals surface area contributed by atoms with Gasteiger partial charge in [0.05, 0.1) is 5.69 Å². The number of benzene rings is 1. The minimum Gasteiger partial charge on any atom is -0.302 e. The Morgan fingerprint density at radius 3 is 2.53 bits per heavy atom. The van der Waals surface area contributed by atoms with Crippen molar-refractivity contribution in [2.24, 2.45) is 0 Å². The van der Waals surface area contributed by atoms with Crippen molar-refractivity contribution in [3.05, 3.63) is 59.2 Å². The highest BCUT2D eigenvalue weighted by atomic mass is 15.0. The van der Waals surface area contributed by atoms with Crippen molar-refractivity contribution in [3.63, 3.8) is 0 Å². The Morgan fingerprint density at radius 2 is 1.84 bits per heavy atom. The number of nitrogens with zero attached hydrogens (tertiary/aromatic N) is 2. The highest BCUT2D eigenvalue weighted by Gasteiger charge is 2.13. The molecule has 2 unspecified atom stereocenters. The molecule has 0 aliphatic heterocycles. The fraction of sp³-hybridized carbons (Fsp3) is 0.375. The number of rotatable bonds is 4. The van der Waals surface area contributed by atoms with E-state index in [1.54, 1.807) is 12.4 Å². The molecular formula is C16H21N3. The first-order valence-corrected chi connectivity index (χ1v) is 6.67. The van der Waals surface area contributed by atoms with E-state index >= 15 is 0 Å². The summed E-state index contributed by atoms with van der Waals surface area (Å²) in [5.41, 5.74) is 4.92. The van der Waals surface area contributed by atoms with Crippen LogP contribution in [-0.2, 0) is 0 Å². The predicted molar refractivity (Wildman–Crippen MR) is 77.9 cm³/mol. The van der Waals surface area contributed by atoms with E-state index in [1.807, 2.05) is 6.20 Å². The molecule has 2 rings (SSSR count). The molecule has 0 radical (unpaired) electrons. The molecule has 0 amide bonds. The fourth-order valence-electron chi connectivity index (χ4n) is 2.31. The molecular weight excluding hydrogens is 234 g/mol. The van der Waals surface area contributed by atoms with Gasteiger partial charge in [0.25, 0.3) is 0 Å². The summed E-state index contributed by atoms with van der Waals surface area (Å²) < 4.78 is 0. The van der Waals surface area contributed by atoms with E-state index in [-0.39, 0.29) is 12.1 Å². The molecule has 1 N–H and O–H groups in total. The van der Waals surface area contributed by atoms with E-state index in [2.05, 4.69) is 61.2 Å². The summed E-state index contributed by atoms with van der Waals surface area (Å²) in [4.78, 5) is 8.46. The van der Waals surface area contributed by atoms with E-state index in [4.69, 9.17) is 0 Å². The molecule has 2 atom stereocenters. The standard InChI is InChI=1S/C16H21N3/c1-11-5-6-12(2)15(9-11)13(3)19-14(4)16-10-17-7-8-18-16/h5-10,13-14,19H,1-4H3. The van der Waals surface area contributed by atoms with E-state index in [1.165, 1.54) is 16.7 Å². The minimum atomic E-state index is 0.184. The highest BCUT2D eigenvalue weighted by molar-refractivity contribution is 5.32. The maximum atomic E-state index is 4.34. The number of aryl methyl sites for hydroxylation is 2. The van der Waals surface area contributed by atoms with Crippen LogP contribution in [0.25, 0.3) is 0 Å². The lowest BCUT2D eigenvalue weighted by molar-refractivity contribution is 0.483. The summed E-state index contributed by atoms with van der Waals surface area (Å²) in [5.74, 6) is 0. The van der Waals surface area contributed by atoms with Gasteiger partial charge in [0.2, 0.25) is 0 Å². The predicted octanol–water partition coefficient (Wildman–Crippen LogP) is 3.51. The van der Waals surface area contributed by atoms with Crippen LogP contribution in [0.1, 0.15) is 48.3 Å². The molecule has 3 nitrogen and oxygen atoms in total. The first-order chi connectivity index (χ1) is 9.08. The third-order valence-corrected chi connectivity index (χ3v) is 3.43. The highest BCUT2D eigenvalue weighted by Crippen LogP contribution is 2.21. The Labute approximate surface area is 115 Å². The molecule has 1 heterocycles. The van der Waals surface area contributed by atoms with Crippen LogP contribution in [0, 0.1) is 13.8 Å². The zero-order chi connectivity index (χ0) is 13.8. The lowest BCUT2D eigenvalue weighted by atomic mass is 9.99. The molecule has 0 saturated carbocycles. The maximum absolute atomic E-state index is 4.34. The van der Waals surface area contributed by atoms with Gasteiger partial charge in [0.15, 0.2) is 0 Å². The zero-order valence-corrected chi connectivity index (χ0v) is 12.0. The van der Waals surface area contributed by atoms with E-state index in [0.717, 1.165) is 5.69 Å². The molecule has 0 aliphatic rings. The molecule has 0 fully saturated rings. The van der Waals surface area contributed by atoms with Crippen molar-refractivity contribution in [2.45, 2.75) is 39.8 Å². The van der Waals surface area contributed by atoms with Crippen LogP contribution in [0.3, 0.4) is 0 Å². The van der Waals surface area contributed by atoms with Gasteiger partial charge in [-0.1, -0.05) is 23.8 Å². The summed E-state index contributed by atoms with van der Waals surface area (Å²) >= 11 is 0. The van der Waals surface area contributed by atoms with Crippen molar-refractivity contribution < 1.29 is 0 Å². The van der Waals surface area contributed by atoms with Crippen molar-refractivity contribution in [2.75, 3.05) is 0 Å². The van der Waals surface area contributed by atoms with Crippen LogP contribution in [-0.4, -0.2) is 9.97 Å². The molecule has 1 aromatic heterocycles. The van der Waals surface area contributed by atoms with Gasteiger partial charge >= 0.3 is 0 Å². The van der Waals surface area contributed by atoms with Gasteiger partial charge < -0.3 is 5.32 Å². The van der Waals surface area contributed by atoms with Gasteiger partial charge in [-0.2, -0.15) is 0 Å². The quantitative estimate of drug-likeness (QED) is 0.908. The van der Waals surface area contributed by atoms with Crippen molar-refractivity contribution in [1.29, 1.82) is 0 Å². The summed E-state index contributed by atoms with van der Waals surface area (Å²) in [7, 11) is 0. The second-order valence-electron chi connectivity index (χ2n) is 5.10. The molecule has 2 aromatic rings. The van der Waals surface area contributed by atoms with Crippen LogP contribution in [0.4, 0.5) is 0 Å². The summed E-state index contributed by atoms with van der Waals surface area (Å²) in [6, 6.07) is 7.05. The first kappa shape index (κ1) is 13.7. The largest absolute Gasteiger partial charge is 0.302 e. The molecule has 0 saturated heterocycles. The van der Waals surface area contributed by atoms with Crippen molar-refractivity contribution in [3.8, 4) is 0 Å². The van der Waals surface area contributed by atoms with Gasteiger partial charge in [-0.25, -0.2) is 0 Å². The van der Waals surface area contributed by atoms with Gasteiger partial charge in [0, 0.05) is 30.7 Å². The Kier molecular flexibility index (Phi) is 4.27. The van der Waals surface area contributed by atoms with Crippen LogP contribution in [0.5, 0.6) is 0 Å². The molecule has 1 aromatic carbocycles. The van der Waals surface area contributed by atoms with Crippen LogP contribution in [0.2, 0.25) is 0 Å². The van der Waals surface area contributed by atoms with Gasteiger partial charge in [-0.05, 0) is 38.8 Å². The number of hydrogen-bond donors (Lipinski definition) is 1. The van der Waals surface area contributed by atoms with E-state index in [0.29, 0.717) is 0 Å². The zero-order valence-electron chi connectivity index (χ0n) is 12.0. The molecule has 0 spiro atoms. The summed E-state index contributed by atoms with van der Waals surface area (Å²) in [6.45, 7) is 8.59. The number of nitrogens with one attached hydrogen (secondary N) is 1. The second-order valence-corrected chi connectivity index (χ2v) is 5.10. The number of hydrogen-bond acceptors (Lipinski definition) is 3. The van der Waals surface area contributed by atoms with E-state index < -0.39 is 0 Å². The van der Waals surface area contributed by atoms with Crippen LogP contribution < -0.4 is 5.32 Å². The molecule has 100 valence electrons. The lowest BCUT2D eigenvalue weighted by Crippen LogP contribution is -2.24. The summed E-state index contributed by atoms with van der Waals surface area (Å²) in [5, 5.41) is 3.58. The third kappa shape index (κ3) is 3.38. The topological polar surface area (TPSA) is 37.8 Å². The first-order valence-electron chi connectivity index (χ1n) is 6.67. The van der Waals surface area contributed by atoms with Gasteiger partial charge in [-0.3, -0.25) is 9.97 Å². The normalized spacial score (nSPS) is 14.1. The smallest absolute Gasteiger partial charge is 0.0753 e. The Bertz CT molecular complexity index is 537.